The molecule has 31 heavy (non-hydrogen) atoms. The molecule has 0 aromatic rings. The number of nitrogens with zero attached hydrogens (tertiary/aromatic N) is 1. The number of likely N-dealkylation sites (tertiary alicyclic amines) is 1. The average molecular weight is 444 g/mol. The van der Waals surface area contributed by atoms with Gasteiger partial charge in [-0.25, -0.2) is 4.79 Å². The van der Waals surface area contributed by atoms with Crippen molar-refractivity contribution in [2.24, 2.45) is 11.7 Å². The number of rotatable bonds is 11. The van der Waals surface area contributed by atoms with Gasteiger partial charge in [0.25, 0.3) is 0 Å². The van der Waals surface area contributed by atoms with Crippen LogP contribution < -0.4 is 16.4 Å². The number of carboxylic acids is 2. The zero-order valence-corrected chi connectivity index (χ0v) is 17.9. The number of aliphatic carboxylic acids is 2. The third-order valence-corrected chi connectivity index (χ3v) is 5.43. The van der Waals surface area contributed by atoms with Gasteiger partial charge in [0.05, 0.1) is 12.5 Å². The lowest BCUT2D eigenvalue weighted by atomic mass is 9.97. The van der Waals surface area contributed by atoms with Crippen LogP contribution >= 0.6 is 0 Å². The van der Waals surface area contributed by atoms with Gasteiger partial charge < -0.3 is 36.6 Å². The predicted octanol–water partition coefficient (Wildman–Crippen LogP) is -1.74. The first kappa shape index (κ1) is 26.3. The summed E-state index contributed by atoms with van der Waals surface area (Å²) in [6, 6.07) is -5.01. The lowest BCUT2D eigenvalue weighted by molar-refractivity contribution is -0.150. The number of nitrogens with two attached hydrogens (primary N) is 1. The number of hydrogen-bond acceptors (Lipinski definition) is 7. The highest BCUT2D eigenvalue weighted by Crippen LogP contribution is 2.19. The van der Waals surface area contributed by atoms with Gasteiger partial charge in [-0.3, -0.25) is 19.2 Å². The molecule has 0 saturated carbocycles. The second-order valence-corrected chi connectivity index (χ2v) is 7.83. The molecule has 0 aromatic carbocycles. The monoisotopic (exact) mass is 444 g/mol. The van der Waals surface area contributed by atoms with Gasteiger partial charge in [0.2, 0.25) is 17.7 Å². The summed E-state index contributed by atoms with van der Waals surface area (Å²) in [6.45, 7) is 4.90. The fraction of sp³-hybridized carbons (Fsp3) is 0.737. The van der Waals surface area contributed by atoms with Crippen molar-refractivity contribution in [2.45, 2.75) is 76.7 Å². The van der Waals surface area contributed by atoms with Crippen LogP contribution in [0.3, 0.4) is 0 Å². The number of hydrogen-bond donors (Lipinski definition) is 6. The van der Waals surface area contributed by atoms with Crippen molar-refractivity contribution < 1.29 is 39.3 Å². The Morgan fingerprint density at radius 3 is 2.19 bits per heavy atom. The highest BCUT2D eigenvalue weighted by atomic mass is 16.4. The number of amides is 3. The Kier molecular flexibility index (Phi) is 9.85. The number of carbonyl (C=O) groups excluding carboxylic acids is 3. The highest BCUT2D eigenvalue weighted by Gasteiger charge is 2.39. The summed E-state index contributed by atoms with van der Waals surface area (Å²) in [5, 5.41) is 32.8. The molecule has 3 amide bonds. The van der Waals surface area contributed by atoms with Gasteiger partial charge in [-0.15, -0.1) is 0 Å². The maximum atomic E-state index is 12.9. The molecule has 12 heteroatoms. The van der Waals surface area contributed by atoms with E-state index in [1.165, 1.54) is 6.92 Å². The van der Waals surface area contributed by atoms with E-state index in [0.29, 0.717) is 12.8 Å². The SMILES string of the molecule is CCC(C)C(NC(=O)C(N)C(C)O)C(=O)NC(CC(=O)O)C(=O)N1CCCC1C(=O)O. The van der Waals surface area contributed by atoms with E-state index >= 15 is 0 Å². The standard InChI is InChI=1S/C19H32N4O8/c1-4-9(2)15(22-16(27)14(20)10(3)24)17(28)21-11(8-13(25)26)18(29)23-7-5-6-12(23)19(30)31/h9-12,14-15,24H,4-8,20H2,1-3H3,(H,21,28)(H,22,27)(H,25,26)(H,30,31). The van der Waals surface area contributed by atoms with Crippen molar-refractivity contribution in [2.75, 3.05) is 6.54 Å². The number of nitrogens with one attached hydrogen (secondary N) is 2. The normalized spacial score (nSPS) is 20.8. The maximum Gasteiger partial charge on any atom is 0.326 e. The highest BCUT2D eigenvalue weighted by molar-refractivity contribution is 5.96. The van der Waals surface area contributed by atoms with Crippen molar-refractivity contribution in [1.82, 2.24) is 15.5 Å². The van der Waals surface area contributed by atoms with Gasteiger partial charge >= 0.3 is 11.9 Å². The van der Waals surface area contributed by atoms with E-state index < -0.39 is 72.3 Å². The fourth-order valence-electron chi connectivity index (χ4n) is 3.29. The molecule has 0 spiro atoms. The van der Waals surface area contributed by atoms with Gasteiger partial charge in [0.1, 0.15) is 24.2 Å². The molecule has 6 unspecified atom stereocenters. The fourth-order valence-corrected chi connectivity index (χ4v) is 3.29. The molecule has 0 aliphatic carbocycles. The second-order valence-electron chi connectivity index (χ2n) is 7.83. The molecule has 176 valence electrons. The van der Waals surface area contributed by atoms with E-state index in [1.54, 1.807) is 13.8 Å². The average Bonchev–Trinajstić information content (AvgIpc) is 3.19. The van der Waals surface area contributed by atoms with Gasteiger partial charge in [0.15, 0.2) is 0 Å². The van der Waals surface area contributed by atoms with Crippen LogP contribution in [0.15, 0.2) is 0 Å². The van der Waals surface area contributed by atoms with Gasteiger partial charge in [-0.2, -0.15) is 0 Å². The largest absolute Gasteiger partial charge is 0.481 e. The summed E-state index contributed by atoms with van der Waals surface area (Å²) in [7, 11) is 0. The van der Waals surface area contributed by atoms with Crippen LogP contribution in [0, 0.1) is 5.92 Å². The van der Waals surface area contributed by atoms with Crippen molar-refractivity contribution in [1.29, 1.82) is 0 Å². The van der Waals surface area contributed by atoms with E-state index in [9.17, 15) is 39.3 Å². The molecular weight excluding hydrogens is 412 g/mol. The molecule has 1 heterocycles. The third kappa shape index (κ3) is 7.17. The summed E-state index contributed by atoms with van der Waals surface area (Å²) >= 11 is 0. The molecule has 7 N–H and O–H groups in total. The van der Waals surface area contributed by atoms with Crippen molar-refractivity contribution in [3.05, 3.63) is 0 Å². The van der Waals surface area contributed by atoms with E-state index in [0.717, 1.165) is 4.90 Å². The van der Waals surface area contributed by atoms with E-state index in [4.69, 9.17) is 5.73 Å². The lowest BCUT2D eigenvalue weighted by Gasteiger charge is -2.30. The Morgan fingerprint density at radius 1 is 1.10 bits per heavy atom. The van der Waals surface area contributed by atoms with Crippen LogP contribution in [-0.2, 0) is 24.0 Å². The topological polar surface area (TPSA) is 199 Å². The molecule has 1 saturated heterocycles. The smallest absolute Gasteiger partial charge is 0.326 e. The first-order chi connectivity index (χ1) is 14.4. The molecule has 1 aliphatic rings. The Morgan fingerprint density at radius 2 is 1.71 bits per heavy atom. The van der Waals surface area contributed by atoms with E-state index in [1.807, 2.05) is 0 Å². The van der Waals surface area contributed by atoms with Crippen molar-refractivity contribution in [3.8, 4) is 0 Å². The molecule has 1 fully saturated rings. The molecular formula is C19H32N4O8. The van der Waals surface area contributed by atoms with E-state index in [-0.39, 0.29) is 13.0 Å². The quantitative estimate of drug-likeness (QED) is 0.214. The molecule has 6 atom stereocenters. The van der Waals surface area contributed by atoms with Crippen molar-refractivity contribution in [3.63, 3.8) is 0 Å². The van der Waals surface area contributed by atoms with Crippen LogP contribution in [0.2, 0.25) is 0 Å². The summed E-state index contributed by atoms with van der Waals surface area (Å²) < 4.78 is 0. The first-order valence-electron chi connectivity index (χ1n) is 10.2. The summed E-state index contributed by atoms with van der Waals surface area (Å²) in [6.07, 6.45) is -0.767. The Labute approximate surface area is 180 Å². The zero-order valence-electron chi connectivity index (χ0n) is 17.9. The zero-order chi connectivity index (χ0) is 23.9. The van der Waals surface area contributed by atoms with Crippen LogP contribution in [0.4, 0.5) is 0 Å². The minimum atomic E-state index is -1.50. The molecule has 0 radical (unpaired) electrons. The molecule has 12 nitrogen and oxygen atoms in total. The first-order valence-corrected chi connectivity index (χ1v) is 10.2. The minimum absolute atomic E-state index is 0.135. The summed E-state index contributed by atoms with van der Waals surface area (Å²) in [5.41, 5.74) is 5.60. The Hall–Kier alpha value is -2.73. The minimum Gasteiger partial charge on any atom is -0.481 e. The number of carbonyl (C=O) groups is 5. The van der Waals surface area contributed by atoms with Gasteiger partial charge in [0, 0.05) is 6.54 Å². The lowest BCUT2D eigenvalue weighted by Crippen LogP contribution is -2.59. The summed E-state index contributed by atoms with van der Waals surface area (Å²) in [4.78, 5) is 61.7. The number of aliphatic hydroxyl groups is 1. The molecule has 0 aromatic heterocycles. The summed E-state index contributed by atoms with van der Waals surface area (Å²) in [5.74, 6) is -5.35. The van der Waals surface area contributed by atoms with Gasteiger partial charge in [-0.1, -0.05) is 20.3 Å². The maximum absolute atomic E-state index is 12.9. The second kappa shape index (κ2) is 11.6. The Bertz CT molecular complexity index is 698. The van der Waals surface area contributed by atoms with Crippen LogP contribution in [0.25, 0.3) is 0 Å². The molecule has 1 aliphatic heterocycles. The van der Waals surface area contributed by atoms with Crippen LogP contribution in [-0.4, -0.2) is 86.7 Å². The Balaban J connectivity index is 3.05. The van der Waals surface area contributed by atoms with Crippen LogP contribution in [0.5, 0.6) is 0 Å². The van der Waals surface area contributed by atoms with E-state index in [2.05, 4.69) is 10.6 Å². The van der Waals surface area contributed by atoms with Crippen LogP contribution in [0.1, 0.15) is 46.5 Å². The van der Waals surface area contributed by atoms with Gasteiger partial charge in [-0.05, 0) is 25.7 Å². The molecule has 1 rings (SSSR count). The number of aliphatic hydroxyl groups excluding tert-OH is 1. The third-order valence-electron chi connectivity index (χ3n) is 5.43. The predicted molar refractivity (Wildman–Crippen MR) is 108 cm³/mol. The number of carboxylic acid groups (broad SMARTS) is 2. The molecule has 0 bridgehead atoms. The van der Waals surface area contributed by atoms with Crippen molar-refractivity contribution >= 4 is 29.7 Å².